The number of aliphatic carboxylic acids is 1. The molecule has 8 heteroatoms. The highest BCUT2D eigenvalue weighted by molar-refractivity contribution is 7.92. The van der Waals surface area contributed by atoms with E-state index in [4.69, 9.17) is 9.84 Å². The maximum atomic E-state index is 12.7. The van der Waals surface area contributed by atoms with Crippen LogP contribution in [0.5, 0.6) is 0 Å². The lowest BCUT2D eigenvalue weighted by atomic mass is 10.1. The van der Waals surface area contributed by atoms with Gasteiger partial charge >= 0.3 is 11.9 Å². The Hall–Kier alpha value is -2.19. The van der Waals surface area contributed by atoms with Gasteiger partial charge in [-0.3, -0.25) is 0 Å². The lowest BCUT2D eigenvalue weighted by molar-refractivity contribution is -0.148. The minimum Gasteiger partial charge on any atom is -0.478 e. The van der Waals surface area contributed by atoms with Crippen molar-refractivity contribution in [3.63, 3.8) is 0 Å². The van der Waals surface area contributed by atoms with E-state index >= 15 is 0 Å². The summed E-state index contributed by atoms with van der Waals surface area (Å²) in [7, 11) is -2.35. The van der Waals surface area contributed by atoms with E-state index in [1.807, 2.05) is 0 Å². The normalized spacial score (nSPS) is 12.3. The van der Waals surface area contributed by atoms with Gasteiger partial charge in [0.1, 0.15) is 18.0 Å². The smallest absolute Gasteiger partial charge is 0.332 e. The molecule has 0 aliphatic heterocycles. The van der Waals surface area contributed by atoms with Crippen LogP contribution >= 0.6 is 0 Å². The van der Waals surface area contributed by atoms with Crippen LogP contribution in [0.15, 0.2) is 30.3 Å². The van der Waals surface area contributed by atoms with E-state index in [0.717, 1.165) is 6.08 Å². The van der Waals surface area contributed by atoms with Crippen molar-refractivity contribution in [1.82, 2.24) is 0 Å². The molecule has 0 radical (unpaired) electrons. The molecular formula is C17H22O7S. The van der Waals surface area contributed by atoms with E-state index in [9.17, 15) is 18.0 Å². The first-order valence-electron chi connectivity index (χ1n) is 7.45. The summed E-state index contributed by atoms with van der Waals surface area (Å²) in [6.07, 6.45) is 2.29. The number of esters is 1. The van der Waals surface area contributed by atoms with E-state index in [-0.39, 0.29) is 19.0 Å². The zero-order valence-electron chi connectivity index (χ0n) is 14.4. The molecule has 7 nitrogen and oxygen atoms in total. The molecule has 1 rings (SSSR count). The van der Waals surface area contributed by atoms with Gasteiger partial charge in [-0.15, -0.1) is 0 Å². The molecule has 0 unspecified atom stereocenters. The molecular weight excluding hydrogens is 348 g/mol. The number of methoxy groups -OCH3 is 1. The van der Waals surface area contributed by atoms with E-state index in [1.165, 1.54) is 27.0 Å². The van der Waals surface area contributed by atoms with Crippen LogP contribution in [0.3, 0.4) is 0 Å². The van der Waals surface area contributed by atoms with Crippen molar-refractivity contribution in [2.24, 2.45) is 0 Å². The number of hydrogen-bond acceptors (Lipinski definition) is 6. The third kappa shape index (κ3) is 6.32. The van der Waals surface area contributed by atoms with Crippen LogP contribution < -0.4 is 0 Å². The summed E-state index contributed by atoms with van der Waals surface area (Å²) in [6, 6.07) is 6.62. The highest BCUT2D eigenvalue weighted by atomic mass is 32.2. The van der Waals surface area contributed by atoms with E-state index in [1.54, 1.807) is 24.3 Å². The third-order valence-corrected chi connectivity index (χ3v) is 5.98. The van der Waals surface area contributed by atoms with Crippen molar-refractivity contribution >= 4 is 27.9 Å². The second-order valence-electron chi connectivity index (χ2n) is 5.98. The van der Waals surface area contributed by atoms with Crippen LogP contribution in [-0.4, -0.2) is 50.5 Å². The minimum absolute atomic E-state index is 0.251. The maximum Gasteiger partial charge on any atom is 0.332 e. The molecule has 0 aliphatic rings. The number of ether oxygens (including phenoxy) is 2. The topological polar surface area (TPSA) is 107 Å². The van der Waals surface area contributed by atoms with Gasteiger partial charge in [-0.05, 0) is 31.1 Å². The summed E-state index contributed by atoms with van der Waals surface area (Å²) >= 11 is 0. The minimum atomic E-state index is -3.68. The summed E-state index contributed by atoms with van der Waals surface area (Å²) in [5.41, 5.74) is 0.969. The van der Waals surface area contributed by atoms with Gasteiger partial charge in [-0.25, -0.2) is 18.0 Å². The molecule has 0 heterocycles. The monoisotopic (exact) mass is 370 g/mol. The molecule has 0 spiro atoms. The first kappa shape index (κ1) is 20.9. The Kier molecular flexibility index (Phi) is 7.32. The van der Waals surface area contributed by atoms with Crippen LogP contribution in [0.4, 0.5) is 0 Å². The van der Waals surface area contributed by atoms with E-state index < -0.39 is 26.5 Å². The van der Waals surface area contributed by atoms with Gasteiger partial charge in [0.05, 0.1) is 5.75 Å². The van der Waals surface area contributed by atoms with Gasteiger partial charge in [0.15, 0.2) is 9.84 Å². The van der Waals surface area contributed by atoms with Crippen molar-refractivity contribution in [2.45, 2.75) is 24.3 Å². The number of carboxylic acids is 1. The Morgan fingerprint density at radius 2 is 1.88 bits per heavy atom. The predicted molar refractivity (Wildman–Crippen MR) is 92.6 cm³/mol. The lowest BCUT2D eigenvalue weighted by Gasteiger charge is -2.24. The molecule has 1 aromatic rings. The molecule has 1 aromatic carbocycles. The number of rotatable bonds is 9. The van der Waals surface area contributed by atoms with Gasteiger partial charge in [0.2, 0.25) is 0 Å². The number of benzene rings is 1. The molecule has 0 saturated carbocycles. The second-order valence-corrected chi connectivity index (χ2v) is 8.61. The van der Waals surface area contributed by atoms with Crippen molar-refractivity contribution in [3.05, 3.63) is 41.5 Å². The average Bonchev–Trinajstić information content (AvgIpc) is 2.52. The summed E-state index contributed by atoms with van der Waals surface area (Å²) < 4.78 is 33.7. The quantitative estimate of drug-likeness (QED) is 0.520. The molecule has 25 heavy (non-hydrogen) atoms. The largest absolute Gasteiger partial charge is 0.478 e. The summed E-state index contributed by atoms with van der Waals surface area (Å²) in [6.45, 7) is 2.39. The van der Waals surface area contributed by atoms with Gasteiger partial charge in [0.25, 0.3) is 0 Å². The van der Waals surface area contributed by atoms with Crippen LogP contribution in [0.25, 0.3) is 6.08 Å². The fourth-order valence-corrected chi connectivity index (χ4v) is 3.19. The fraction of sp³-hybridized carbons (Fsp3) is 0.412. The third-order valence-electron chi connectivity index (χ3n) is 3.49. The van der Waals surface area contributed by atoms with Crippen molar-refractivity contribution in [1.29, 1.82) is 0 Å². The Morgan fingerprint density at radius 1 is 1.24 bits per heavy atom. The van der Waals surface area contributed by atoms with Gasteiger partial charge in [0, 0.05) is 13.2 Å². The Morgan fingerprint density at radius 3 is 2.48 bits per heavy atom. The fourth-order valence-electron chi connectivity index (χ4n) is 1.89. The maximum absolute atomic E-state index is 12.7. The second kappa shape index (κ2) is 8.77. The van der Waals surface area contributed by atoms with E-state index in [0.29, 0.717) is 11.1 Å². The summed E-state index contributed by atoms with van der Waals surface area (Å²) in [5, 5.41) is 8.73. The molecule has 0 bridgehead atoms. The molecule has 138 valence electrons. The van der Waals surface area contributed by atoms with Crippen LogP contribution in [0.2, 0.25) is 0 Å². The number of carboxylic acid groups (broad SMARTS) is 1. The number of carbonyl (C=O) groups excluding carboxylic acids is 1. The molecule has 0 amide bonds. The number of hydrogen-bond donors (Lipinski definition) is 1. The molecule has 0 fully saturated rings. The molecule has 1 N–H and O–H groups in total. The molecule has 0 saturated heterocycles. The van der Waals surface area contributed by atoms with Crippen molar-refractivity contribution in [3.8, 4) is 0 Å². The summed E-state index contributed by atoms with van der Waals surface area (Å²) in [5.74, 6) is -2.07. The Bertz CT molecular complexity index is 748. The Labute approximate surface area is 147 Å². The van der Waals surface area contributed by atoms with Gasteiger partial charge in [-0.2, -0.15) is 0 Å². The Balaban J connectivity index is 2.97. The zero-order chi connectivity index (χ0) is 19.1. The standard InChI is InChI=1S/C17H22O7S/c1-17(2,12-24-16(20)10-23-3)25(21,22)11-14-7-5-4-6-13(14)8-9-15(18)19/h4-9H,10-12H2,1-3H3,(H,18,19)/b9-8+. The van der Waals surface area contributed by atoms with Gasteiger partial charge in [-0.1, -0.05) is 24.3 Å². The zero-order valence-corrected chi connectivity index (χ0v) is 15.2. The average molecular weight is 370 g/mol. The van der Waals surface area contributed by atoms with Crippen molar-refractivity contribution in [2.75, 3.05) is 20.3 Å². The highest BCUT2D eigenvalue weighted by Gasteiger charge is 2.36. The van der Waals surface area contributed by atoms with E-state index in [2.05, 4.69) is 4.74 Å². The predicted octanol–water partition coefficient (Wildman–Crippen LogP) is 1.67. The molecule has 0 aliphatic carbocycles. The van der Waals surface area contributed by atoms with Crippen LogP contribution in [-0.2, 0) is 34.7 Å². The first-order valence-corrected chi connectivity index (χ1v) is 9.10. The lowest BCUT2D eigenvalue weighted by Crippen LogP contribution is -2.39. The SMILES string of the molecule is COCC(=O)OCC(C)(C)S(=O)(=O)Cc1ccccc1/C=C/C(=O)O. The van der Waals surface area contributed by atoms with Crippen LogP contribution in [0.1, 0.15) is 25.0 Å². The number of sulfone groups is 1. The highest BCUT2D eigenvalue weighted by Crippen LogP contribution is 2.24. The molecule has 0 aromatic heterocycles. The van der Waals surface area contributed by atoms with Crippen LogP contribution in [0, 0.1) is 0 Å². The van der Waals surface area contributed by atoms with Gasteiger partial charge < -0.3 is 14.6 Å². The number of carbonyl (C=O) groups is 2. The molecule has 0 atom stereocenters. The summed E-state index contributed by atoms with van der Waals surface area (Å²) in [4.78, 5) is 22.0. The first-order chi connectivity index (χ1) is 11.6. The van der Waals surface area contributed by atoms with Crippen molar-refractivity contribution < 1.29 is 32.6 Å².